The fourth-order valence-corrected chi connectivity index (χ4v) is 4.46. The van der Waals surface area contributed by atoms with Crippen molar-refractivity contribution in [2.24, 2.45) is 4.99 Å². The van der Waals surface area contributed by atoms with Gasteiger partial charge in [-0.05, 0) is 24.3 Å². The molecule has 0 amide bonds. The molecule has 0 unspecified atom stereocenters. The maximum atomic E-state index is 11.7. The topological polar surface area (TPSA) is 73.8 Å². The summed E-state index contributed by atoms with van der Waals surface area (Å²) in [5.41, 5.74) is 0. The number of nitrogens with zero attached hydrogens (tertiary/aromatic N) is 2. The molecule has 21 heavy (non-hydrogen) atoms. The van der Waals surface area contributed by atoms with E-state index in [0.29, 0.717) is 25.6 Å². The third kappa shape index (κ3) is 4.98. The zero-order valence-corrected chi connectivity index (χ0v) is 13.8. The highest BCUT2D eigenvalue weighted by atomic mass is 32.2. The Hall–Kier alpha value is -1.12. The Morgan fingerprint density at radius 1 is 1.43 bits per heavy atom. The van der Waals surface area contributed by atoms with Gasteiger partial charge in [-0.3, -0.25) is 4.99 Å². The van der Waals surface area contributed by atoms with Crippen molar-refractivity contribution >= 4 is 27.3 Å². The fraction of sp³-hybridized carbons (Fsp3) is 0.615. The molecule has 2 rings (SSSR count). The van der Waals surface area contributed by atoms with Crippen molar-refractivity contribution in [3.8, 4) is 0 Å². The summed E-state index contributed by atoms with van der Waals surface area (Å²) < 4.78 is 24.9. The highest BCUT2D eigenvalue weighted by molar-refractivity contribution is 7.89. The van der Waals surface area contributed by atoms with Crippen molar-refractivity contribution < 1.29 is 8.42 Å². The Morgan fingerprint density at radius 3 is 2.86 bits per heavy atom. The second-order valence-corrected chi connectivity index (χ2v) is 7.94. The predicted molar refractivity (Wildman–Crippen MR) is 87.4 cm³/mol. The zero-order chi connectivity index (χ0) is 15.1. The summed E-state index contributed by atoms with van der Waals surface area (Å²) >= 11 is 1.74. The van der Waals surface area contributed by atoms with Crippen molar-refractivity contribution in [3.05, 3.63) is 22.4 Å². The van der Waals surface area contributed by atoms with Gasteiger partial charge in [0.15, 0.2) is 5.96 Å². The van der Waals surface area contributed by atoms with Gasteiger partial charge in [-0.25, -0.2) is 12.7 Å². The largest absolute Gasteiger partial charge is 0.356 e. The van der Waals surface area contributed by atoms with Gasteiger partial charge >= 0.3 is 0 Å². The first-order valence-electron chi connectivity index (χ1n) is 7.06. The number of rotatable bonds is 6. The molecule has 118 valence electrons. The Labute approximate surface area is 130 Å². The van der Waals surface area contributed by atoms with Crippen LogP contribution in [0.4, 0.5) is 0 Å². The first kappa shape index (κ1) is 16.3. The fourth-order valence-electron chi connectivity index (χ4n) is 2.22. The molecule has 0 spiro atoms. The number of guanidine groups is 1. The zero-order valence-electron chi connectivity index (χ0n) is 12.2. The van der Waals surface area contributed by atoms with Gasteiger partial charge in [-0.2, -0.15) is 0 Å². The second kappa shape index (κ2) is 7.77. The summed E-state index contributed by atoms with van der Waals surface area (Å²) in [7, 11) is -1.29. The summed E-state index contributed by atoms with van der Waals surface area (Å²) in [4.78, 5) is 5.47. The molecular weight excluding hydrogens is 308 g/mol. The minimum atomic E-state index is -3.00. The molecule has 2 N–H and O–H groups in total. The molecule has 8 heteroatoms. The molecule has 1 aliphatic heterocycles. The van der Waals surface area contributed by atoms with Crippen LogP contribution in [-0.4, -0.2) is 57.7 Å². The predicted octanol–water partition coefficient (Wildman–Crippen LogP) is 0.491. The lowest BCUT2D eigenvalue weighted by molar-refractivity contribution is 0.445. The van der Waals surface area contributed by atoms with Crippen LogP contribution in [0.2, 0.25) is 0 Å². The molecule has 0 saturated carbocycles. The number of aliphatic imine (C=N–C) groups is 1. The van der Waals surface area contributed by atoms with Gasteiger partial charge in [0.05, 0.1) is 5.75 Å². The van der Waals surface area contributed by atoms with Crippen LogP contribution < -0.4 is 10.6 Å². The summed E-state index contributed by atoms with van der Waals surface area (Å²) in [6.07, 6.45) is 1.69. The molecular formula is C13H22N4O2S2. The lowest BCUT2D eigenvalue weighted by Crippen LogP contribution is -2.42. The van der Waals surface area contributed by atoms with Gasteiger partial charge in [0.2, 0.25) is 10.0 Å². The highest BCUT2D eigenvalue weighted by Crippen LogP contribution is 2.11. The molecule has 0 aliphatic carbocycles. The molecule has 1 aliphatic rings. The summed E-state index contributed by atoms with van der Waals surface area (Å²) in [6.45, 7) is 2.50. The van der Waals surface area contributed by atoms with Crippen molar-refractivity contribution in [2.75, 3.05) is 39.0 Å². The number of nitrogens with one attached hydrogen (secondary N) is 2. The normalized spacial score (nSPS) is 18.8. The van der Waals surface area contributed by atoms with Crippen LogP contribution in [-0.2, 0) is 16.4 Å². The van der Waals surface area contributed by atoms with E-state index < -0.39 is 10.0 Å². The Bertz CT molecular complexity index is 555. The minimum Gasteiger partial charge on any atom is -0.356 e. The van der Waals surface area contributed by atoms with Crippen LogP contribution in [0.1, 0.15) is 11.3 Å². The maximum absolute atomic E-state index is 11.7. The van der Waals surface area contributed by atoms with E-state index in [9.17, 15) is 8.42 Å². The van der Waals surface area contributed by atoms with E-state index in [1.807, 2.05) is 6.07 Å². The van der Waals surface area contributed by atoms with Crippen LogP contribution in [0, 0.1) is 0 Å². The van der Waals surface area contributed by atoms with E-state index in [1.54, 1.807) is 22.7 Å². The summed E-state index contributed by atoms with van der Waals surface area (Å²) in [6, 6.07) is 4.16. The summed E-state index contributed by atoms with van der Waals surface area (Å²) in [5.74, 6) is 0.990. The molecule has 6 nitrogen and oxygen atoms in total. The first-order chi connectivity index (χ1) is 10.1. The molecule has 0 aromatic carbocycles. The molecule has 0 atom stereocenters. The maximum Gasteiger partial charge on any atom is 0.214 e. The molecule has 2 heterocycles. The second-order valence-electron chi connectivity index (χ2n) is 4.82. The average molecular weight is 330 g/mol. The van der Waals surface area contributed by atoms with Crippen LogP contribution in [0.15, 0.2) is 22.5 Å². The quantitative estimate of drug-likeness (QED) is 0.588. The van der Waals surface area contributed by atoms with Gasteiger partial charge in [0, 0.05) is 38.1 Å². The number of thiophene rings is 1. The third-order valence-corrected chi connectivity index (χ3v) is 6.22. The van der Waals surface area contributed by atoms with E-state index in [1.165, 1.54) is 4.88 Å². The van der Waals surface area contributed by atoms with Crippen molar-refractivity contribution in [3.63, 3.8) is 0 Å². The molecule has 1 aromatic heterocycles. The molecule has 1 fully saturated rings. The molecule has 0 bridgehead atoms. The van der Waals surface area contributed by atoms with Gasteiger partial charge in [-0.15, -0.1) is 11.3 Å². The van der Waals surface area contributed by atoms with Crippen LogP contribution in [0.5, 0.6) is 0 Å². The number of sulfonamides is 1. The Morgan fingerprint density at radius 2 is 2.24 bits per heavy atom. The van der Waals surface area contributed by atoms with Gasteiger partial charge in [-0.1, -0.05) is 6.07 Å². The van der Waals surface area contributed by atoms with Crippen molar-refractivity contribution in [1.29, 1.82) is 0 Å². The van der Waals surface area contributed by atoms with E-state index in [4.69, 9.17) is 0 Å². The van der Waals surface area contributed by atoms with Crippen LogP contribution >= 0.6 is 11.3 Å². The van der Waals surface area contributed by atoms with E-state index in [0.717, 1.165) is 19.4 Å². The highest BCUT2D eigenvalue weighted by Gasteiger charge is 2.27. The smallest absolute Gasteiger partial charge is 0.214 e. The van der Waals surface area contributed by atoms with E-state index >= 15 is 0 Å². The lowest BCUT2D eigenvalue weighted by Gasteiger charge is -2.16. The molecule has 0 radical (unpaired) electrons. The monoisotopic (exact) mass is 330 g/mol. The van der Waals surface area contributed by atoms with Crippen molar-refractivity contribution in [2.45, 2.75) is 12.8 Å². The molecule has 1 aromatic rings. The minimum absolute atomic E-state index is 0.279. The SMILES string of the molecule is CN=C(NCCc1cccs1)NCCN1CCCS1(=O)=O. The average Bonchev–Trinajstić information content (AvgIpc) is 3.07. The molecule has 1 saturated heterocycles. The third-order valence-electron chi connectivity index (χ3n) is 3.32. The van der Waals surface area contributed by atoms with Gasteiger partial charge < -0.3 is 10.6 Å². The van der Waals surface area contributed by atoms with Gasteiger partial charge in [0.25, 0.3) is 0 Å². The van der Waals surface area contributed by atoms with Gasteiger partial charge in [0.1, 0.15) is 0 Å². The first-order valence-corrected chi connectivity index (χ1v) is 9.55. The van der Waals surface area contributed by atoms with Crippen LogP contribution in [0.25, 0.3) is 0 Å². The van der Waals surface area contributed by atoms with E-state index in [-0.39, 0.29) is 5.75 Å². The van der Waals surface area contributed by atoms with Crippen LogP contribution in [0.3, 0.4) is 0 Å². The lowest BCUT2D eigenvalue weighted by atomic mass is 10.3. The Kier molecular flexibility index (Phi) is 6.01. The van der Waals surface area contributed by atoms with Crippen molar-refractivity contribution in [1.82, 2.24) is 14.9 Å². The summed E-state index contributed by atoms with van der Waals surface area (Å²) in [5, 5.41) is 8.45. The Balaban J connectivity index is 1.66. The number of hydrogen-bond donors (Lipinski definition) is 2. The standard InChI is InChI=1S/C13H22N4O2S2/c1-14-13(15-6-5-12-4-2-10-20-12)16-7-9-17-8-3-11-21(17,18)19/h2,4,10H,3,5-9,11H2,1H3,(H2,14,15,16). The number of hydrogen-bond acceptors (Lipinski definition) is 4. The van der Waals surface area contributed by atoms with E-state index in [2.05, 4.69) is 27.1 Å².